The Kier molecular flexibility index (Phi) is 8.39. The van der Waals surface area contributed by atoms with Gasteiger partial charge in [-0.25, -0.2) is 9.18 Å². The van der Waals surface area contributed by atoms with Crippen molar-refractivity contribution in [3.05, 3.63) is 76.6 Å². The van der Waals surface area contributed by atoms with Crippen LogP contribution in [0.4, 0.5) is 9.18 Å². The molecule has 2 N–H and O–H groups in total. The van der Waals surface area contributed by atoms with Gasteiger partial charge in [-0.3, -0.25) is 9.59 Å². The van der Waals surface area contributed by atoms with Crippen LogP contribution >= 0.6 is 0 Å². The lowest BCUT2D eigenvalue weighted by Gasteiger charge is -2.43. The average molecular weight is 563 g/mol. The van der Waals surface area contributed by atoms with E-state index in [0.29, 0.717) is 23.3 Å². The van der Waals surface area contributed by atoms with Crippen LogP contribution in [0.15, 0.2) is 59.7 Å². The van der Waals surface area contributed by atoms with E-state index in [1.54, 1.807) is 6.07 Å². The van der Waals surface area contributed by atoms with Crippen LogP contribution in [0.5, 0.6) is 5.75 Å². The van der Waals surface area contributed by atoms with Gasteiger partial charge in [0.25, 0.3) is 0 Å². The second-order valence-electron chi connectivity index (χ2n) is 10.5. The fourth-order valence-electron chi connectivity index (χ4n) is 6.39. The number of carbonyl (C=O) groups excluding carboxylic acids is 3. The minimum absolute atomic E-state index is 0.0996. The highest BCUT2D eigenvalue weighted by Gasteiger charge is 2.59. The van der Waals surface area contributed by atoms with Crippen molar-refractivity contribution in [2.24, 2.45) is 17.8 Å². The molecule has 5 rings (SSSR count). The van der Waals surface area contributed by atoms with Crippen LogP contribution in [-0.4, -0.2) is 67.0 Å². The second-order valence-corrected chi connectivity index (χ2v) is 10.5. The summed E-state index contributed by atoms with van der Waals surface area (Å²) in [6.45, 7) is 0.207. The molecule has 11 heteroatoms. The Morgan fingerprint density at radius 1 is 1.15 bits per heavy atom. The Bertz CT molecular complexity index is 1410. The van der Waals surface area contributed by atoms with Crippen LogP contribution in [0.2, 0.25) is 6.32 Å². The normalized spacial score (nSPS) is 24.4. The fraction of sp³-hybridized carbons (Fsp3) is 0.367. The number of benzene rings is 2. The molecule has 2 heterocycles. The third kappa shape index (κ3) is 5.57. The van der Waals surface area contributed by atoms with Crippen molar-refractivity contribution in [3.63, 3.8) is 0 Å². The number of methoxy groups -OCH3 is 2. The monoisotopic (exact) mass is 563 g/mol. The fourth-order valence-corrected chi connectivity index (χ4v) is 6.39. The maximum Gasteiger partial charge on any atom is 0.455 e. The number of hydrogen-bond acceptors (Lipinski definition) is 8. The quantitative estimate of drug-likeness (QED) is 0.224. The number of hydrogen-bond donors (Lipinski definition) is 2. The smallest absolute Gasteiger partial charge is 0.455 e. The number of amides is 3. The number of fused-ring (bicyclic) bond motifs is 3. The number of imide groups is 3. The van der Waals surface area contributed by atoms with Gasteiger partial charge in [0.15, 0.2) is 11.6 Å². The molecule has 0 unspecified atom stereocenters. The van der Waals surface area contributed by atoms with Gasteiger partial charge < -0.3 is 24.3 Å². The summed E-state index contributed by atoms with van der Waals surface area (Å²) in [6.07, 6.45) is 1.44. The average Bonchev–Trinajstić information content (AvgIpc) is 3.22. The summed E-state index contributed by atoms with van der Waals surface area (Å²) in [5.74, 6) is -4.48. The Labute approximate surface area is 237 Å². The Hall–Kier alpha value is -3.80. The summed E-state index contributed by atoms with van der Waals surface area (Å²) in [5, 5.41) is 20.4. The number of phenols is 1. The maximum absolute atomic E-state index is 14.1. The lowest BCUT2D eigenvalue weighted by Crippen LogP contribution is -2.46. The van der Waals surface area contributed by atoms with Crippen LogP contribution in [0.3, 0.4) is 0 Å². The Balaban J connectivity index is 1.48. The van der Waals surface area contributed by atoms with E-state index >= 15 is 0 Å². The standard InChI is InChI=1S/C30H31BFNO8/c1-39-16-20-14-21-27(29(36)33(28(21)35)30(37)40-2)22-15-31(38)41-25(26(20)22)11-9-19(18-6-4-3-5-7-18)12-17-8-10-24(34)23(32)13-17/h3-8,10,12-13,21-22,25,27,34,38H,9,11,14-16H2,1-2H3/b19-12-/t21-,22+,25-,27-/m1/s1. The molecule has 3 amide bonds. The number of likely N-dealkylation sites (tertiary alicyclic amines) is 1. The number of phenolic OH excluding ortho intramolecular Hbond substituents is 1. The molecule has 2 fully saturated rings. The molecule has 41 heavy (non-hydrogen) atoms. The molecule has 0 bridgehead atoms. The predicted octanol–water partition coefficient (Wildman–Crippen LogP) is 4.06. The zero-order valence-corrected chi connectivity index (χ0v) is 22.8. The summed E-state index contributed by atoms with van der Waals surface area (Å²) < 4.78 is 30.3. The number of carbonyl (C=O) groups is 3. The van der Waals surface area contributed by atoms with Crippen molar-refractivity contribution < 1.29 is 43.0 Å². The lowest BCUT2D eigenvalue weighted by atomic mass is 9.58. The molecule has 3 aliphatic rings. The lowest BCUT2D eigenvalue weighted by molar-refractivity contribution is -0.137. The Morgan fingerprint density at radius 2 is 1.90 bits per heavy atom. The molecular formula is C30H31BFNO8. The zero-order valence-electron chi connectivity index (χ0n) is 22.8. The summed E-state index contributed by atoms with van der Waals surface area (Å²) >= 11 is 0. The van der Waals surface area contributed by atoms with E-state index in [-0.39, 0.29) is 19.3 Å². The second kappa shape index (κ2) is 12.0. The molecule has 1 aliphatic carbocycles. The van der Waals surface area contributed by atoms with Crippen LogP contribution in [0, 0.1) is 23.6 Å². The van der Waals surface area contributed by atoms with Gasteiger partial charge >= 0.3 is 13.2 Å². The molecule has 4 atom stereocenters. The zero-order chi connectivity index (χ0) is 29.3. The van der Waals surface area contributed by atoms with Crippen molar-refractivity contribution in [1.82, 2.24) is 4.90 Å². The summed E-state index contributed by atoms with van der Waals surface area (Å²) in [6, 6.07) is 13.7. The van der Waals surface area contributed by atoms with Crippen molar-refractivity contribution in [2.45, 2.75) is 31.7 Å². The van der Waals surface area contributed by atoms with E-state index in [1.165, 1.54) is 19.2 Å². The number of rotatable bonds is 7. The highest BCUT2D eigenvalue weighted by molar-refractivity contribution is 6.43. The molecule has 0 radical (unpaired) electrons. The van der Waals surface area contributed by atoms with E-state index in [9.17, 15) is 28.9 Å². The van der Waals surface area contributed by atoms with Crippen molar-refractivity contribution in [2.75, 3.05) is 20.8 Å². The van der Waals surface area contributed by atoms with Crippen LogP contribution in [0.25, 0.3) is 11.6 Å². The first-order valence-corrected chi connectivity index (χ1v) is 13.5. The molecule has 0 saturated carbocycles. The molecule has 214 valence electrons. The van der Waals surface area contributed by atoms with E-state index in [1.807, 2.05) is 36.4 Å². The van der Waals surface area contributed by atoms with Crippen molar-refractivity contribution >= 4 is 36.7 Å². The molecule has 2 saturated heterocycles. The maximum atomic E-state index is 14.1. The minimum atomic E-state index is -1.18. The first-order valence-electron chi connectivity index (χ1n) is 13.5. The molecule has 2 aromatic rings. The summed E-state index contributed by atoms with van der Waals surface area (Å²) in [5.41, 5.74) is 3.99. The van der Waals surface area contributed by atoms with Gasteiger partial charge in [-0.1, -0.05) is 42.5 Å². The van der Waals surface area contributed by atoms with Crippen molar-refractivity contribution in [3.8, 4) is 5.75 Å². The SMILES string of the molecule is COCC1=C2[C@@H](CC/C(=C/c3ccc(O)c(F)c3)c3ccccc3)OB(O)C[C@@H]2[C@@H]2C(=O)N(C(=O)OC)C(=O)[C@@H]2C1. The van der Waals surface area contributed by atoms with Gasteiger partial charge in [0.2, 0.25) is 11.8 Å². The van der Waals surface area contributed by atoms with Crippen LogP contribution in [-0.2, 0) is 23.7 Å². The van der Waals surface area contributed by atoms with Crippen molar-refractivity contribution in [1.29, 1.82) is 0 Å². The number of aromatic hydroxyl groups is 1. The molecule has 2 aromatic carbocycles. The van der Waals surface area contributed by atoms with E-state index in [2.05, 4.69) is 0 Å². The predicted molar refractivity (Wildman–Crippen MR) is 148 cm³/mol. The van der Waals surface area contributed by atoms with Crippen LogP contribution in [0.1, 0.15) is 30.4 Å². The first-order chi connectivity index (χ1) is 19.7. The molecule has 0 spiro atoms. The topological polar surface area (TPSA) is 123 Å². The third-order valence-electron chi connectivity index (χ3n) is 8.12. The summed E-state index contributed by atoms with van der Waals surface area (Å²) in [4.78, 5) is 39.3. The van der Waals surface area contributed by atoms with Gasteiger partial charge in [0.05, 0.1) is 31.7 Å². The van der Waals surface area contributed by atoms with E-state index in [0.717, 1.165) is 29.4 Å². The number of nitrogens with zero attached hydrogens (tertiary/aromatic N) is 1. The molecular weight excluding hydrogens is 532 g/mol. The largest absolute Gasteiger partial charge is 0.505 e. The third-order valence-corrected chi connectivity index (χ3v) is 8.12. The highest BCUT2D eigenvalue weighted by Crippen LogP contribution is 2.51. The van der Waals surface area contributed by atoms with Gasteiger partial charge in [0.1, 0.15) is 0 Å². The van der Waals surface area contributed by atoms with Crippen LogP contribution < -0.4 is 0 Å². The summed E-state index contributed by atoms with van der Waals surface area (Å²) in [7, 11) is 1.47. The van der Waals surface area contributed by atoms with Gasteiger partial charge in [0, 0.05) is 7.11 Å². The van der Waals surface area contributed by atoms with E-state index in [4.69, 9.17) is 14.1 Å². The highest BCUT2D eigenvalue weighted by atomic mass is 19.1. The Morgan fingerprint density at radius 3 is 2.59 bits per heavy atom. The van der Waals surface area contributed by atoms with Gasteiger partial charge in [-0.05, 0) is 71.5 Å². The van der Waals surface area contributed by atoms with E-state index < -0.39 is 60.5 Å². The number of halogens is 1. The number of allylic oxidation sites excluding steroid dienone is 1. The minimum Gasteiger partial charge on any atom is -0.505 e. The van der Waals surface area contributed by atoms with Gasteiger partial charge in [-0.2, -0.15) is 4.90 Å². The number of ether oxygens (including phenoxy) is 2. The first kappa shape index (κ1) is 28.7. The molecule has 2 aliphatic heterocycles. The molecule has 0 aromatic heterocycles. The van der Waals surface area contributed by atoms with Gasteiger partial charge in [-0.15, -0.1) is 0 Å². The molecule has 9 nitrogen and oxygen atoms in total.